The Hall–Kier alpha value is -2.86. The van der Waals surface area contributed by atoms with Crippen molar-refractivity contribution in [3.05, 3.63) is 74.9 Å². The molecule has 3 aromatic rings. The van der Waals surface area contributed by atoms with E-state index in [9.17, 15) is 14.0 Å². The van der Waals surface area contributed by atoms with E-state index in [2.05, 4.69) is 14.8 Å². The van der Waals surface area contributed by atoms with Gasteiger partial charge in [-0.2, -0.15) is 0 Å². The van der Waals surface area contributed by atoms with Gasteiger partial charge in [-0.3, -0.25) is 9.59 Å². The number of halogens is 2. The van der Waals surface area contributed by atoms with Crippen LogP contribution in [0.4, 0.5) is 10.1 Å². The molecule has 0 radical (unpaired) electrons. The molecule has 7 heteroatoms. The second-order valence-corrected chi connectivity index (χ2v) is 9.31. The van der Waals surface area contributed by atoms with Crippen molar-refractivity contribution in [3.63, 3.8) is 0 Å². The van der Waals surface area contributed by atoms with Crippen LogP contribution >= 0.6 is 11.6 Å². The first-order valence-electron chi connectivity index (χ1n) is 11.0. The van der Waals surface area contributed by atoms with Crippen molar-refractivity contribution >= 4 is 34.0 Å². The van der Waals surface area contributed by atoms with Crippen molar-refractivity contribution < 1.29 is 9.18 Å². The Morgan fingerprint density at radius 1 is 1.09 bits per heavy atom. The quantitative estimate of drug-likeness (QED) is 0.635. The van der Waals surface area contributed by atoms with E-state index in [1.165, 1.54) is 12.1 Å². The highest BCUT2D eigenvalue weighted by Crippen LogP contribution is 2.33. The number of aromatic nitrogens is 1. The number of fused-ring (bicyclic) bond motifs is 3. The summed E-state index contributed by atoms with van der Waals surface area (Å²) in [6, 6.07) is 12.8. The molecular weight excluding hydrogens is 429 g/mol. The van der Waals surface area contributed by atoms with Gasteiger partial charge in [0.25, 0.3) is 5.56 Å². The molecular formula is C25H25ClFN3O2. The molecule has 0 spiro atoms. The molecule has 0 saturated carbocycles. The van der Waals surface area contributed by atoms with Crippen LogP contribution in [-0.2, 0) is 11.2 Å². The molecule has 32 heavy (non-hydrogen) atoms. The Labute approximate surface area is 190 Å². The van der Waals surface area contributed by atoms with Gasteiger partial charge in [-0.15, -0.1) is 0 Å². The number of nitrogens with one attached hydrogen (secondary N) is 1. The zero-order valence-electron chi connectivity index (χ0n) is 17.9. The number of amides is 1. The summed E-state index contributed by atoms with van der Waals surface area (Å²) in [4.78, 5) is 32.8. The van der Waals surface area contributed by atoms with Crippen molar-refractivity contribution in [3.8, 4) is 0 Å². The highest BCUT2D eigenvalue weighted by molar-refractivity contribution is 6.30. The van der Waals surface area contributed by atoms with Crippen LogP contribution in [0.3, 0.4) is 0 Å². The van der Waals surface area contributed by atoms with Crippen LogP contribution in [-0.4, -0.2) is 41.0 Å². The summed E-state index contributed by atoms with van der Waals surface area (Å²) in [5.41, 5.74) is 2.25. The summed E-state index contributed by atoms with van der Waals surface area (Å²) < 4.78 is 13.7. The lowest BCUT2D eigenvalue weighted by molar-refractivity contribution is -0.134. The maximum absolute atomic E-state index is 13.7. The molecule has 166 valence electrons. The summed E-state index contributed by atoms with van der Waals surface area (Å²) in [7, 11) is 0. The first-order valence-corrected chi connectivity index (χ1v) is 11.4. The molecule has 1 amide bonds. The molecule has 2 bridgehead atoms. The van der Waals surface area contributed by atoms with Gasteiger partial charge in [-0.05, 0) is 79.6 Å². The first kappa shape index (κ1) is 21.0. The Bertz CT molecular complexity index is 1230. The van der Waals surface area contributed by atoms with Crippen LogP contribution in [0.1, 0.15) is 30.5 Å². The number of H-pyrrole nitrogens is 1. The van der Waals surface area contributed by atoms with Gasteiger partial charge in [0.15, 0.2) is 0 Å². The number of hydrogen-bond donors (Lipinski definition) is 1. The molecule has 2 fully saturated rings. The van der Waals surface area contributed by atoms with Gasteiger partial charge >= 0.3 is 0 Å². The highest BCUT2D eigenvalue weighted by Gasteiger charge is 2.42. The first-order chi connectivity index (χ1) is 15.4. The molecule has 1 N–H and O–H groups in total. The van der Waals surface area contributed by atoms with Crippen LogP contribution in [0.25, 0.3) is 10.8 Å². The van der Waals surface area contributed by atoms with Crippen molar-refractivity contribution in [2.75, 3.05) is 18.0 Å². The van der Waals surface area contributed by atoms with Crippen molar-refractivity contribution in [1.29, 1.82) is 0 Å². The number of rotatable bonds is 4. The fourth-order valence-corrected chi connectivity index (χ4v) is 5.36. The molecule has 5 rings (SSSR count). The smallest absolute Gasteiger partial charge is 0.256 e. The largest absolute Gasteiger partial charge is 0.367 e. The average molecular weight is 454 g/mol. The number of benzene rings is 2. The van der Waals surface area contributed by atoms with Crippen LogP contribution in [0.15, 0.2) is 47.3 Å². The lowest BCUT2D eigenvalue weighted by Crippen LogP contribution is -2.56. The minimum absolute atomic E-state index is 0.130. The Morgan fingerprint density at radius 2 is 1.78 bits per heavy atom. The van der Waals surface area contributed by atoms with E-state index in [0.717, 1.165) is 47.6 Å². The van der Waals surface area contributed by atoms with Gasteiger partial charge in [0.1, 0.15) is 5.82 Å². The lowest BCUT2D eigenvalue weighted by Gasteiger charge is -2.42. The van der Waals surface area contributed by atoms with Crippen LogP contribution in [0, 0.1) is 12.7 Å². The maximum atomic E-state index is 13.7. The van der Waals surface area contributed by atoms with Crippen LogP contribution in [0.5, 0.6) is 0 Å². The van der Waals surface area contributed by atoms with E-state index in [-0.39, 0.29) is 23.6 Å². The minimum atomic E-state index is -0.420. The number of hydrogen-bond acceptors (Lipinski definition) is 3. The van der Waals surface area contributed by atoms with E-state index in [1.807, 2.05) is 30.3 Å². The fourth-order valence-electron chi connectivity index (χ4n) is 5.24. The summed E-state index contributed by atoms with van der Waals surface area (Å²) in [5.74, 6) is -0.290. The topological polar surface area (TPSA) is 56.4 Å². The molecule has 3 heterocycles. The fraction of sp³-hybridized carbons (Fsp3) is 0.360. The maximum Gasteiger partial charge on any atom is 0.256 e. The van der Waals surface area contributed by atoms with E-state index in [1.54, 1.807) is 6.92 Å². The molecule has 2 aliphatic heterocycles. The molecule has 0 aliphatic carbocycles. The van der Waals surface area contributed by atoms with E-state index >= 15 is 0 Å². The third-order valence-corrected chi connectivity index (χ3v) is 7.01. The normalized spacial score (nSPS) is 20.2. The monoisotopic (exact) mass is 453 g/mol. The van der Waals surface area contributed by atoms with E-state index < -0.39 is 5.82 Å². The number of aryl methyl sites for hydroxylation is 2. The standard InChI is InChI=1S/C25H25ClFN3O2/c1-15-10-17(27)11-23-22(15)12-18(28-25(23)32)4-9-24(31)30-20-7-8-21(30)14-29(13-20)19-5-2-16(26)3-6-19/h2-3,5-6,10-12,20-21H,4,7-9,13-14H2,1H3,(H,28,32). The van der Waals surface area contributed by atoms with Crippen molar-refractivity contribution in [1.82, 2.24) is 9.88 Å². The lowest BCUT2D eigenvalue weighted by atomic mass is 10.0. The molecule has 1 aromatic heterocycles. The van der Waals surface area contributed by atoms with Gasteiger partial charge in [-0.1, -0.05) is 11.6 Å². The van der Waals surface area contributed by atoms with Gasteiger partial charge in [-0.25, -0.2) is 4.39 Å². The average Bonchev–Trinajstić information content (AvgIpc) is 3.03. The number of nitrogens with zero attached hydrogens (tertiary/aromatic N) is 2. The van der Waals surface area contributed by atoms with Gasteiger partial charge in [0.05, 0.1) is 5.39 Å². The predicted octanol–water partition coefficient (Wildman–Crippen LogP) is 4.44. The molecule has 2 unspecified atom stereocenters. The molecule has 2 aliphatic rings. The zero-order valence-corrected chi connectivity index (χ0v) is 18.7. The number of aromatic amines is 1. The third kappa shape index (κ3) is 3.88. The number of piperazine rings is 1. The zero-order chi connectivity index (χ0) is 22.4. The highest BCUT2D eigenvalue weighted by atomic mass is 35.5. The van der Waals surface area contributed by atoms with Gasteiger partial charge < -0.3 is 14.8 Å². The second kappa shape index (κ2) is 8.24. The van der Waals surface area contributed by atoms with Crippen molar-refractivity contribution in [2.24, 2.45) is 0 Å². The molecule has 2 aromatic carbocycles. The summed E-state index contributed by atoms with van der Waals surface area (Å²) >= 11 is 6.02. The molecule has 2 saturated heterocycles. The number of anilines is 1. The minimum Gasteiger partial charge on any atom is -0.367 e. The molecule has 2 atom stereocenters. The van der Waals surface area contributed by atoms with Crippen LogP contribution < -0.4 is 10.5 Å². The Morgan fingerprint density at radius 3 is 2.47 bits per heavy atom. The number of pyridine rings is 1. The van der Waals surface area contributed by atoms with Gasteiger partial charge in [0, 0.05) is 48.0 Å². The number of carbonyl (C=O) groups excluding carboxylic acids is 1. The summed E-state index contributed by atoms with van der Waals surface area (Å²) in [6.45, 7) is 3.43. The summed E-state index contributed by atoms with van der Waals surface area (Å²) in [5, 5.41) is 1.79. The van der Waals surface area contributed by atoms with Crippen molar-refractivity contribution in [2.45, 2.75) is 44.7 Å². The van der Waals surface area contributed by atoms with Gasteiger partial charge in [0.2, 0.25) is 5.91 Å². The van der Waals surface area contributed by atoms with E-state index in [4.69, 9.17) is 11.6 Å². The third-order valence-electron chi connectivity index (χ3n) is 6.76. The molecule has 5 nitrogen and oxygen atoms in total. The Kier molecular flexibility index (Phi) is 5.41. The second-order valence-electron chi connectivity index (χ2n) is 8.88. The Balaban J connectivity index is 1.28. The van der Waals surface area contributed by atoms with Crippen LogP contribution in [0.2, 0.25) is 5.02 Å². The SMILES string of the molecule is Cc1cc(F)cc2c(=O)[nH]c(CCC(=O)N3C4CCC3CN(c3ccc(Cl)cc3)C4)cc12. The predicted molar refractivity (Wildman–Crippen MR) is 125 cm³/mol. The summed E-state index contributed by atoms with van der Waals surface area (Å²) in [6.07, 6.45) is 2.82. The van der Waals surface area contributed by atoms with E-state index in [0.29, 0.717) is 23.9 Å². The number of carbonyl (C=O) groups is 1.